The van der Waals surface area contributed by atoms with Crippen molar-refractivity contribution in [3.8, 4) is 0 Å². The van der Waals surface area contributed by atoms with E-state index in [0.29, 0.717) is 6.04 Å². The monoisotopic (exact) mass is 280 g/mol. The summed E-state index contributed by atoms with van der Waals surface area (Å²) in [6, 6.07) is 2.68. The minimum absolute atomic E-state index is 0.455. The average Bonchev–Trinajstić information content (AvgIpc) is 3.01. The van der Waals surface area contributed by atoms with Gasteiger partial charge >= 0.3 is 0 Å². The van der Waals surface area contributed by atoms with Crippen molar-refractivity contribution in [2.45, 2.75) is 39.2 Å². The summed E-state index contributed by atoms with van der Waals surface area (Å²) in [4.78, 5) is 5.74. The number of aryl methyl sites for hydroxylation is 2. The Kier molecular flexibility index (Phi) is 5.35. The van der Waals surface area contributed by atoms with E-state index >= 15 is 0 Å². The van der Waals surface area contributed by atoms with Crippen LogP contribution in [0.15, 0.2) is 23.0 Å². The predicted octanol–water partition coefficient (Wildman–Crippen LogP) is 4.19. The molecule has 1 N–H and O–H groups in total. The number of nitrogens with one attached hydrogen (secondary N) is 1. The molecule has 2 aromatic heterocycles. The molecule has 0 spiro atoms. The van der Waals surface area contributed by atoms with Gasteiger partial charge < -0.3 is 5.32 Å². The topological polar surface area (TPSA) is 24.9 Å². The van der Waals surface area contributed by atoms with Crippen molar-refractivity contribution in [1.82, 2.24) is 10.3 Å². The second-order valence-corrected chi connectivity index (χ2v) is 6.51. The summed E-state index contributed by atoms with van der Waals surface area (Å²) < 4.78 is 0. The van der Waals surface area contributed by atoms with Crippen LogP contribution in [-0.2, 0) is 6.42 Å². The Labute approximate surface area is 117 Å². The molecule has 0 aromatic carbocycles. The third-order valence-corrected chi connectivity index (χ3v) is 4.68. The van der Waals surface area contributed by atoms with E-state index in [0.717, 1.165) is 24.4 Å². The maximum atomic E-state index is 4.37. The normalized spacial score (nSPS) is 12.8. The maximum Gasteiger partial charge on any atom is 0.0897 e. The molecule has 0 aliphatic heterocycles. The zero-order valence-electron chi connectivity index (χ0n) is 11.0. The van der Waals surface area contributed by atoms with E-state index in [9.17, 15) is 0 Å². The molecule has 2 rings (SSSR count). The van der Waals surface area contributed by atoms with Gasteiger partial charge in [-0.05, 0) is 55.1 Å². The van der Waals surface area contributed by atoms with E-state index in [4.69, 9.17) is 0 Å². The number of hydrogen-bond donors (Lipinski definition) is 1. The van der Waals surface area contributed by atoms with Crippen molar-refractivity contribution in [2.75, 3.05) is 6.54 Å². The quantitative estimate of drug-likeness (QED) is 0.822. The van der Waals surface area contributed by atoms with Crippen LogP contribution >= 0.6 is 22.7 Å². The van der Waals surface area contributed by atoms with Gasteiger partial charge in [0, 0.05) is 17.1 Å². The third kappa shape index (κ3) is 3.90. The minimum atomic E-state index is 0.455. The Morgan fingerprint density at radius 1 is 1.44 bits per heavy atom. The Morgan fingerprint density at radius 2 is 2.33 bits per heavy atom. The molecule has 0 saturated heterocycles. The second kappa shape index (κ2) is 7.02. The summed E-state index contributed by atoms with van der Waals surface area (Å²) >= 11 is 3.59. The molecule has 1 atom stereocenters. The maximum absolute atomic E-state index is 4.37. The minimum Gasteiger partial charge on any atom is -0.309 e. The molecule has 0 aliphatic carbocycles. The van der Waals surface area contributed by atoms with Gasteiger partial charge in [0.1, 0.15) is 0 Å². The SMILES string of the molecule is CCCNC(CCc1ccsc1)c1cnc(C)s1. The Balaban J connectivity index is 1.96. The Bertz CT molecular complexity index is 448. The number of thiazole rings is 1. The number of hydrogen-bond acceptors (Lipinski definition) is 4. The van der Waals surface area contributed by atoms with E-state index < -0.39 is 0 Å². The highest BCUT2D eigenvalue weighted by Gasteiger charge is 2.13. The van der Waals surface area contributed by atoms with Crippen LogP contribution in [0.4, 0.5) is 0 Å². The van der Waals surface area contributed by atoms with Gasteiger partial charge in [0.15, 0.2) is 0 Å². The molecule has 98 valence electrons. The highest BCUT2D eigenvalue weighted by atomic mass is 32.1. The fraction of sp³-hybridized carbons (Fsp3) is 0.500. The first-order valence-electron chi connectivity index (χ1n) is 6.46. The fourth-order valence-electron chi connectivity index (χ4n) is 1.95. The molecule has 0 amide bonds. The van der Waals surface area contributed by atoms with E-state index in [1.165, 1.54) is 16.9 Å². The molecule has 0 aliphatic rings. The molecule has 4 heteroatoms. The van der Waals surface area contributed by atoms with Crippen molar-refractivity contribution in [3.63, 3.8) is 0 Å². The Hall–Kier alpha value is -0.710. The van der Waals surface area contributed by atoms with Gasteiger partial charge in [0.25, 0.3) is 0 Å². The lowest BCUT2D eigenvalue weighted by Crippen LogP contribution is -2.21. The van der Waals surface area contributed by atoms with Crippen LogP contribution in [0.25, 0.3) is 0 Å². The Morgan fingerprint density at radius 3 is 2.94 bits per heavy atom. The van der Waals surface area contributed by atoms with Gasteiger partial charge in [-0.3, -0.25) is 0 Å². The second-order valence-electron chi connectivity index (χ2n) is 4.46. The fourth-order valence-corrected chi connectivity index (χ4v) is 3.55. The number of aromatic nitrogens is 1. The summed E-state index contributed by atoms with van der Waals surface area (Å²) in [7, 11) is 0. The predicted molar refractivity (Wildman–Crippen MR) is 80.5 cm³/mol. The molecule has 0 radical (unpaired) electrons. The van der Waals surface area contributed by atoms with Gasteiger partial charge in [-0.2, -0.15) is 11.3 Å². The summed E-state index contributed by atoms with van der Waals surface area (Å²) in [5.74, 6) is 0. The summed E-state index contributed by atoms with van der Waals surface area (Å²) in [6.07, 6.45) is 5.49. The van der Waals surface area contributed by atoms with Crippen molar-refractivity contribution in [2.24, 2.45) is 0 Å². The van der Waals surface area contributed by atoms with Crippen LogP contribution in [0.1, 0.15) is 41.3 Å². The lowest BCUT2D eigenvalue weighted by Gasteiger charge is -2.16. The van der Waals surface area contributed by atoms with Crippen molar-refractivity contribution >= 4 is 22.7 Å². The van der Waals surface area contributed by atoms with Crippen LogP contribution in [0.3, 0.4) is 0 Å². The molecule has 2 aromatic rings. The summed E-state index contributed by atoms with van der Waals surface area (Å²) in [5, 5.41) is 9.19. The zero-order valence-corrected chi connectivity index (χ0v) is 12.6. The number of thiophene rings is 1. The van der Waals surface area contributed by atoms with Gasteiger partial charge in [-0.1, -0.05) is 6.92 Å². The lowest BCUT2D eigenvalue weighted by atomic mass is 10.1. The van der Waals surface area contributed by atoms with Crippen molar-refractivity contribution in [1.29, 1.82) is 0 Å². The number of rotatable bonds is 7. The van der Waals surface area contributed by atoms with Gasteiger partial charge in [-0.25, -0.2) is 4.98 Å². The van der Waals surface area contributed by atoms with Crippen LogP contribution in [0.5, 0.6) is 0 Å². The summed E-state index contributed by atoms with van der Waals surface area (Å²) in [6.45, 7) is 5.36. The first-order chi connectivity index (χ1) is 8.79. The zero-order chi connectivity index (χ0) is 12.8. The standard InChI is InChI=1S/C14H20N2S2/c1-3-7-15-13(14-9-16-11(2)18-14)5-4-12-6-8-17-10-12/h6,8-10,13,15H,3-5,7H2,1-2H3. The molecule has 18 heavy (non-hydrogen) atoms. The first-order valence-corrected chi connectivity index (χ1v) is 8.22. The third-order valence-electron chi connectivity index (χ3n) is 2.93. The first kappa shape index (κ1) is 13.7. The molecule has 2 heterocycles. The van der Waals surface area contributed by atoms with E-state index in [2.05, 4.69) is 41.0 Å². The van der Waals surface area contributed by atoms with E-state index in [-0.39, 0.29) is 0 Å². The van der Waals surface area contributed by atoms with Crippen LogP contribution < -0.4 is 5.32 Å². The molecular formula is C14H20N2S2. The van der Waals surface area contributed by atoms with Crippen LogP contribution in [-0.4, -0.2) is 11.5 Å². The van der Waals surface area contributed by atoms with Crippen LogP contribution in [0.2, 0.25) is 0 Å². The molecular weight excluding hydrogens is 260 g/mol. The van der Waals surface area contributed by atoms with Gasteiger partial charge in [0.05, 0.1) is 5.01 Å². The van der Waals surface area contributed by atoms with Crippen molar-refractivity contribution < 1.29 is 0 Å². The van der Waals surface area contributed by atoms with Crippen LogP contribution in [0, 0.1) is 6.92 Å². The summed E-state index contributed by atoms with van der Waals surface area (Å²) in [5.41, 5.74) is 1.45. The highest BCUT2D eigenvalue weighted by molar-refractivity contribution is 7.11. The van der Waals surface area contributed by atoms with E-state index in [1.54, 1.807) is 11.3 Å². The number of nitrogens with zero attached hydrogens (tertiary/aromatic N) is 1. The van der Waals surface area contributed by atoms with Gasteiger partial charge in [0.2, 0.25) is 0 Å². The average molecular weight is 280 g/mol. The van der Waals surface area contributed by atoms with Gasteiger partial charge in [-0.15, -0.1) is 11.3 Å². The molecule has 0 fully saturated rings. The smallest absolute Gasteiger partial charge is 0.0897 e. The molecule has 0 bridgehead atoms. The highest BCUT2D eigenvalue weighted by Crippen LogP contribution is 2.25. The lowest BCUT2D eigenvalue weighted by molar-refractivity contribution is 0.506. The van der Waals surface area contributed by atoms with Crippen molar-refractivity contribution in [3.05, 3.63) is 38.5 Å². The largest absolute Gasteiger partial charge is 0.309 e. The van der Waals surface area contributed by atoms with E-state index in [1.807, 2.05) is 17.5 Å². The molecule has 1 unspecified atom stereocenters. The molecule has 2 nitrogen and oxygen atoms in total. The molecule has 0 saturated carbocycles.